The van der Waals surface area contributed by atoms with Crippen LogP contribution in [-0.4, -0.2) is 48.9 Å². The maximum atomic E-state index is 13.6. The van der Waals surface area contributed by atoms with Gasteiger partial charge in [-0.15, -0.1) is 0 Å². The topological polar surface area (TPSA) is 60.0 Å². The van der Waals surface area contributed by atoms with E-state index in [0.717, 1.165) is 31.5 Å². The van der Waals surface area contributed by atoms with Crippen molar-refractivity contribution in [1.82, 2.24) is 10.2 Å². The van der Waals surface area contributed by atoms with Crippen molar-refractivity contribution in [2.24, 2.45) is 5.92 Å². The van der Waals surface area contributed by atoms with Crippen LogP contribution in [0.2, 0.25) is 0 Å². The number of hydrogen-bond donors (Lipinski definition) is 1. The van der Waals surface area contributed by atoms with Crippen LogP contribution in [0, 0.1) is 5.92 Å². The lowest BCUT2D eigenvalue weighted by Crippen LogP contribution is -2.49. The van der Waals surface area contributed by atoms with Crippen molar-refractivity contribution in [2.75, 3.05) is 19.6 Å². The molecule has 2 fully saturated rings. The van der Waals surface area contributed by atoms with Crippen molar-refractivity contribution in [1.29, 1.82) is 0 Å². The van der Waals surface area contributed by atoms with E-state index in [1.54, 1.807) is 0 Å². The van der Waals surface area contributed by atoms with Gasteiger partial charge in [-0.1, -0.05) is 30.3 Å². The molecular weight excluding hydrogens is 444 g/mol. The lowest BCUT2D eigenvalue weighted by molar-refractivity contribution is -0.430. The zero-order valence-corrected chi connectivity index (χ0v) is 17.9. The Kier molecular flexibility index (Phi) is 6.83. The third-order valence-electron chi connectivity index (χ3n) is 5.85. The zero-order valence-electron chi connectivity index (χ0n) is 17.9. The lowest BCUT2D eigenvalue weighted by atomic mass is 9.91. The summed E-state index contributed by atoms with van der Waals surface area (Å²) in [6.07, 6.45) is -4.55. The van der Waals surface area contributed by atoms with Gasteiger partial charge in [0.2, 0.25) is 0 Å². The number of carbonyl (C=O) groups excluding carboxylic acids is 1. The van der Waals surface area contributed by atoms with E-state index in [0.29, 0.717) is 19.4 Å². The molecule has 180 valence electrons. The molecule has 1 aromatic carbocycles. The number of fused-ring (bicyclic) bond motifs is 1. The maximum absolute atomic E-state index is 13.6. The molecule has 2 aliphatic heterocycles. The predicted octanol–water partition coefficient (Wildman–Crippen LogP) is 4.79. The number of benzene rings is 1. The van der Waals surface area contributed by atoms with Crippen LogP contribution in [0.5, 0.6) is 0 Å². The minimum absolute atomic E-state index is 0.122. The van der Waals surface area contributed by atoms with Crippen molar-refractivity contribution in [3.63, 3.8) is 0 Å². The summed E-state index contributed by atoms with van der Waals surface area (Å²) in [5.74, 6) is -1.11. The van der Waals surface area contributed by atoms with Crippen LogP contribution in [0.25, 0.3) is 0 Å². The molecule has 0 bridgehead atoms. The number of nitrogens with zero attached hydrogens (tertiary/aromatic N) is 1. The van der Waals surface area contributed by atoms with Gasteiger partial charge in [-0.05, 0) is 62.4 Å². The zero-order chi connectivity index (χ0) is 23.5. The molecule has 1 aliphatic carbocycles. The molecule has 1 aromatic rings. The second-order valence-electron chi connectivity index (χ2n) is 8.48. The first-order valence-corrected chi connectivity index (χ1v) is 11.0. The molecule has 2 saturated heterocycles. The Morgan fingerprint density at radius 3 is 2.45 bits per heavy atom. The molecule has 0 saturated carbocycles. The molecular formula is C23H26F4N2O4. The van der Waals surface area contributed by atoms with E-state index >= 15 is 0 Å². The van der Waals surface area contributed by atoms with Crippen LogP contribution in [0.15, 0.2) is 54.0 Å². The minimum atomic E-state index is -4.76. The summed E-state index contributed by atoms with van der Waals surface area (Å²) < 4.78 is 67.7. The van der Waals surface area contributed by atoms with Gasteiger partial charge in [0.05, 0.1) is 0 Å². The number of carbonyl (C=O) groups is 1. The number of alkyl halides is 4. The first-order chi connectivity index (χ1) is 15.7. The molecule has 2 heterocycles. The normalized spacial score (nSPS) is 24.4. The largest absolute Gasteiger partial charge is 0.507 e. The highest BCUT2D eigenvalue weighted by atomic mass is 19.3. The Bertz CT molecular complexity index is 901. The van der Waals surface area contributed by atoms with E-state index < -0.39 is 29.8 Å². The summed E-state index contributed by atoms with van der Waals surface area (Å²) in [4.78, 5) is 14.6. The Balaban J connectivity index is 1.38. The SMILES string of the molecule is O=C(N[C@@H](CC1C=C2OC(F)(F)C(F)(F)OC2=CC1)CN1CCCC1)OCc1ccccc1. The number of alkyl carbamates (subject to hydrolysis) is 1. The number of rotatable bonds is 7. The Morgan fingerprint density at radius 2 is 1.76 bits per heavy atom. The van der Waals surface area contributed by atoms with E-state index in [2.05, 4.69) is 19.7 Å². The Labute approximate surface area is 189 Å². The smallest absolute Gasteiger partial charge is 0.445 e. The molecule has 0 aromatic heterocycles. The van der Waals surface area contributed by atoms with E-state index in [1.165, 1.54) is 12.2 Å². The second-order valence-corrected chi connectivity index (χ2v) is 8.48. The Hall–Kier alpha value is -2.75. The third-order valence-corrected chi connectivity index (χ3v) is 5.85. The first-order valence-electron chi connectivity index (χ1n) is 11.0. The fourth-order valence-electron chi connectivity index (χ4n) is 4.21. The molecule has 2 atom stereocenters. The molecule has 4 rings (SSSR count). The van der Waals surface area contributed by atoms with Crippen LogP contribution in [-0.2, 0) is 20.8 Å². The highest BCUT2D eigenvalue weighted by Gasteiger charge is 2.66. The second kappa shape index (κ2) is 9.62. The number of allylic oxidation sites excluding steroid dienone is 2. The number of halogens is 4. The van der Waals surface area contributed by atoms with E-state index in [1.807, 2.05) is 30.3 Å². The summed E-state index contributed by atoms with van der Waals surface area (Å²) in [7, 11) is 0. The Morgan fingerprint density at radius 1 is 1.09 bits per heavy atom. The highest BCUT2D eigenvalue weighted by Crippen LogP contribution is 2.47. The van der Waals surface area contributed by atoms with Crippen LogP contribution in [0.4, 0.5) is 22.4 Å². The molecule has 0 radical (unpaired) electrons. The van der Waals surface area contributed by atoms with Gasteiger partial charge in [0.1, 0.15) is 6.61 Å². The van der Waals surface area contributed by atoms with Gasteiger partial charge < -0.3 is 24.4 Å². The molecule has 0 spiro atoms. The van der Waals surface area contributed by atoms with E-state index in [4.69, 9.17) is 4.74 Å². The molecule has 1 amide bonds. The first kappa shape index (κ1) is 23.4. The van der Waals surface area contributed by atoms with Gasteiger partial charge in [0.25, 0.3) is 0 Å². The van der Waals surface area contributed by atoms with Gasteiger partial charge in [-0.2, -0.15) is 17.6 Å². The van der Waals surface area contributed by atoms with Crippen molar-refractivity contribution >= 4 is 6.09 Å². The fourth-order valence-corrected chi connectivity index (χ4v) is 4.21. The summed E-state index contributed by atoms with van der Waals surface area (Å²) in [6, 6.07) is 8.93. The molecule has 1 unspecified atom stereocenters. The van der Waals surface area contributed by atoms with Crippen LogP contribution in [0.1, 0.15) is 31.2 Å². The fraction of sp³-hybridized carbons (Fsp3) is 0.522. The number of likely N-dealkylation sites (tertiary alicyclic amines) is 1. The van der Waals surface area contributed by atoms with Crippen LogP contribution < -0.4 is 5.32 Å². The van der Waals surface area contributed by atoms with Crippen molar-refractivity contribution in [3.05, 3.63) is 59.6 Å². The van der Waals surface area contributed by atoms with Crippen LogP contribution in [0.3, 0.4) is 0 Å². The van der Waals surface area contributed by atoms with Gasteiger partial charge in [-0.3, -0.25) is 0 Å². The van der Waals surface area contributed by atoms with Gasteiger partial charge in [0, 0.05) is 12.6 Å². The molecule has 33 heavy (non-hydrogen) atoms. The van der Waals surface area contributed by atoms with Gasteiger partial charge in [-0.25, -0.2) is 4.79 Å². The quantitative estimate of drug-likeness (QED) is 0.581. The molecule has 3 aliphatic rings. The number of amides is 1. The molecule has 1 N–H and O–H groups in total. The van der Waals surface area contributed by atoms with E-state index in [-0.39, 0.29) is 18.6 Å². The predicted molar refractivity (Wildman–Crippen MR) is 110 cm³/mol. The number of hydrogen-bond acceptors (Lipinski definition) is 5. The summed E-state index contributed by atoms with van der Waals surface area (Å²) in [6.45, 7) is 2.51. The monoisotopic (exact) mass is 470 g/mol. The van der Waals surface area contributed by atoms with Crippen LogP contribution >= 0.6 is 0 Å². The van der Waals surface area contributed by atoms with E-state index in [9.17, 15) is 22.4 Å². The standard InChI is InChI=1S/C23H26F4N2O4/c24-22(25)23(26,27)33-20-13-17(8-9-19(20)32-22)12-18(14-29-10-4-5-11-29)28-21(30)31-15-16-6-2-1-3-7-16/h1-3,6-7,9,13,17-18H,4-5,8,10-12,14-15H2,(H,28,30)/t17?,18-/m0/s1. The summed E-state index contributed by atoms with van der Waals surface area (Å²) >= 11 is 0. The molecule has 6 nitrogen and oxygen atoms in total. The van der Waals surface area contributed by atoms with Gasteiger partial charge in [0.15, 0.2) is 11.5 Å². The van der Waals surface area contributed by atoms with Crippen molar-refractivity contribution < 1.29 is 36.6 Å². The van der Waals surface area contributed by atoms with Gasteiger partial charge >= 0.3 is 18.3 Å². The number of nitrogens with one attached hydrogen (secondary N) is 1. The lowest BCUT2D eigenvalue weighted by Gasteiger charge is -2.36. The number of ether oxygens (including phenoxy) is 3. The highest BCUT2D eigenvalue weighted by molar-refractivity contribution is 5.67. The van der Waals surface area contributed by atoms with Crippen molar-refractivity contribution in [2.45, 2.75) is 50.5 Å². The summed E-state index contributed by atoms with van der Waals surface area (Å²) in [5, 5.41) is 2.87. The minimum Gasteiger partial charge on any atom is -0.445 e. The average molecular weight is 470 g/mol. The maximum Gasteiger partial charge on any atom is 0.507 e. The summed E-state index contributed by atoms with van der Waals surface area (Å²) in [5.41, 5.74) is 0.852. The third kappa shape index (κ3) is 5.79. The molecule has 10 heteroatoms. The average Bonchev–Trinajstić information content (AvgIpc) is 3.27. The van der Waals surface area contributed by atoms with Crippen molar-refractivity contribution in [3.8, 4) is 0 Å².